The van der Waals surface area contributed by atoms with E-state index in [1.807, 2.05) is 0 Å². The molecule has 1 aliphatic carbocycles. The summed E-state index contributed by atoms with van der Waals surface area (Å²) in [6.45, 7) is 0. The molecule has 0 saturated heterocycles. The first kappa shape index (κ1) is 10.7. The number of carbonyl (C=O) groups excluding carboxylic acids is 2. The molecule has 0 N–H and O–H groups in total. The summed E-state index contributed by atoms with van der Waals surface area (Å²) in [7, 11) is 1.36. The number of methoxy groups -OCH3 is 1. The van der Waals surface area contributed by atoms with E-state index in [1.54, 1.807) is 0 Å². The maximum atomic E-state index is 11.5. The minimum Gasteiger partial charge on any atom is -0.493 e. The van der Waals surface area contributed by atoms with E-state index in [9.17, 15) is 9.59 Å². The van der Waals surface area contributed by atoms with Crippen LogP contribution in [0.3, 0.4) is 0 Å². The van der Waals surface area contributed by atoms with Gasteiger partial charge in [0.05, 0.1) is 11.6 Å². The smallest absolute Gasteiger partial charge is 0.225 e. The summed E-state index contributed by atoms with van der Waals surface area (Å²) in [6, 6.07) is 0. The van der Waals surface area contributed by atoms with Crippen molar-refractivity contribution in [1.82, 2.24) is 0 Å². The van der Waals surface area contributed by atoms with E-state index < -0.39 is 0 Å². The molecule has 0 aliphatic heterocycles. The number of halogens is 2. The van der Waals surface area contributed by atoms with E-state index >= 15 is 0 Å². The fourth-order valence-corrected chi connectivity index (χ4v) is 2.26. The summed E-state index contributed by atoms with van der Waals surface area (Å²) in [4.78, 5) is 22.7. The van der Waals surface area contributed by atoms with Gasteiger partial charge in [0.15, 0.2) is 11.5 Å². The molecule has 3 nitrogen and oxygen atoms in total. The normalized spacial score (nSPS) is 17.6. The minimum atomic E-state index is -0.258. The second-order valence-corrected chi connectivity index (χ2v) is 3.69. The molecular weight excluding hydrogens is 304 g/mol. The Morgan fingerprint density at radius 1 is 1.46 bits per heavy atom. The molecule has 0 unspecified atom stereocenters. The van der Waals surface area contributed by atoms with Crippen molar-refractivity contribution >= 4 is 43.4 Å². The predicted octanol–water partition coefficient (Wildman–Crippen LogP) is 1.71. The zero-order chi connectivity index (χ0) is 10.0. The lowest BCUT2D eigenvalue weighted by Crippen LogP contribution is -2.18. The van der Waals surface area contributed by atoms with Crippen molar-refractivity contribution in [3.05, 3.63) is 21.9 Å². The van der Waals surface area contributed by atoms with Gasteiger partial charge in [-0.2, -0.15) is 0 Å². The van der Waals surface area contributed by atoms with E-state index in [-0.39, 0.29) is 17.3 Å². The molecule has 0 heterocycles. The van der Waals surface area contributed by atoms with E-state index in [0.29, 0.717) is 15.4 Å². The van der Waals surface area contributed by atoms with Crippen LogP contribution in [0.15, 0.2) is 21.9 Å². The lowest BCUT2D eigenvalue weighted by molar-refractivity contribution is -0.117. The Labute approximate surface area is 92.1 Å². The van der Waals surface area contributed by atoms with Gasteiger partial charge in [-0.3, -0.25) is 9.59 Å². The summed E-state index contributed by atoms with van der Waals surface area (Å²) in [5.41, 5.74) is 0.393. The number of rotatable bonds is 2. The standard InChI is InChI=1S/C8H6Br2O3/c1-13-6-2-5(11)7(10)4(3-9)8(6)12/h2H,3H2,1H3. The van der Waals surface area contributed by atoms with Crippen LogP contribution in [0.25, 0.3) is 0 Å². The highest BCUT2D eigenvalue weighted by atomic mass is 79.9. The third-order valence-corrected chi connectivity index (χ3v) is 3.03. The first-order valence-electron chi connectivity index (χ1n) is 3.41. The van der Waals surface area contributed by atoms with Gasteiger partial charge in [-0.15, -0.1) is 0 Å². The molecule has 0 radical (unpaired) electrons. The van der Waals surface area contributed by atoms with E-state index in [4.69, 9.17) is 4.74 Å². The van der Waals surface area contributed by atoms with Crippen LogP contribution < -0.4 is 0 Å². The second kappa shape index (κ2) is 4.19. The number of ketones is 2. The van der Waals surface area contributed by atoms with Crippen molar-refractivity contribution in [2.24, 2.45) is 0 Å². The molecule has 0 aromatic rings. The van der Waals surface area contributed by atoms with Gasteiger partial charge in [0.2, 0.25) is 5.78 Å². The summed E-state index contributed by atoms with van der Waals surface area (Å²) < 4.78 is 5.07. The fraction of sp³-hybridized carbons (Fsp3) is 0.250. The average Bonchev–Trinajstić information content (AvgIpc) is 2.12. The van der Waals surface area contributed by atoms with Crippen LogP contribution in [0.5, 0.6) is 0 Å². The van der Waals surface area contributed by atoms with Crippen molar-refractivity contribution in [3.8, 4) is 0 Å². The minimum absolute atomic E-state index is 0.0858. The summed E-state index contributed by atoms with van der Waals surface area (Å²) in [5, 5.41) is 0.332. The number of Topliss-reactive ketones (excluding diaryl/α,β-unsaturated/α-hetero) is 1. The van der Waals surface area contributed by atoms with Gasteiger partial charge in [0.25, 0.3) is 0 Å². The lowest BCUT2D eigenvalue weighted by Gasteiger charge is -2.12. The van der Waals surface area contributed by atoms with Crippen LogP contribution in [0, 0.1) is 0 Å². The van der Waals surface area contributed by atoms with Gasteiger partial charge in [0, 0.05) is 17.0 Å². The monoisotopic (exact) mass is 308 g/mol. The topological polar surface area (TPSA) is 43.4 Å². The number of alkyl halides is 1. The Bertz CT molecular complexity index is 328. The number of hydrogen-bond acceptors (Lipinski definition) is 3. The summed E-state index contributed by atoms with van der Waals surface area (Å²) in [5.74, 6) is -0.417. The van der Waals surface area contributed by atoms with Gasteiger partial charge >= 0.3 is 0 Å². The summed E-state index contributed by atoms with van der Waals surface area (Å²) in [6.07, 6.45) is 1.18. The molecule has 0 aromatic carbocycles. The van der Waals surface area contributed by atoms with Crippen molar-refractivity contribution in [2.45, 2.75) is 0 Å². The lowest BCUT2D eigenvalue weighted by atomic mass is 10.0. The molecule has 13 heavy (non-hydrogen) atoms. The first-order chi connectivity index (χ1) is 6.11. The molecule has 0 aromatic heterocycles. The van der Waals surface area contributed by atoms with Crippen LogP contribution >= 0.6 is 31.9 Å². The molecule has 0 amide bonds. The van der Waals surface area contributed by atoms with Crippen molar-refractivity contribution in [3.63, 3.8) is 0 Å². The van der Waals surface area contributed by atoms with Crippen LogP contribution in [-0.4, -0.2) is 24.0 Å². The summed E-state index contributed by atoms with van der Waals surface area (Å²) >= 11 is 6.19. The van der Waals surface area contributed by atoms with Crippen LogP contribution in [0.1, 0.15) is 0 Å². The highest BCUT2D eigenvalue weighted by molar-refractivity contribution is 9.12. The molecule has 5 heteroatoms. The molecule has 1 rings (SSSR count). The maximum Gasteiger partial charge on any atom is 0.225 e. The van der Waals surface area contributed by atoms with Crippen LogP contribution in [-0.2, 0) is 14.3 Å². The first-order valence-corrected chi connectivity index (χ1v) is 5.32. The zero-order valence-electron chi connectivity index (χ0n) is 6.77. The van der Waals surface area contributed by atoms with Gasteiger partial charge < -0.3 is 4.74 Å². The third kappa shape index (κ3) is 1.91. The highest BCUT2D eigenvalue weighted by Crippen LogP contribution is 2.24. The Kier molecular flexibility index (Phi) is 3.44. The number of hydrogen-bond donors (Lipinski definition) is 0. The Balaban J connectivity index is 3.14. The Morgan fingerprint density at radius 3 is 2.54 bits per heavy atom. The van der Waals surface area contributed by atoms with Crippen molar-refractivity contribution in [1.29, 1.82) is 0 Å². The molecule has 70 valence electrons. The van der Waals surface area contributed by atoms with Crippen LogP contribution in [0.4, 0.5) is 0 Å². The van der Waals surface area contributed by atoms with Crippen molar-refractivity contribution < 1.29 is 14.3 Å². The molecular formula is C8H6Br2O3. The Morgan fingerprint density at radius 2 is 2.08 bits per heavy atom. The predicted molar refractivity (Wildman–Crippen MR) is 54.9 cm³/mol. The van der Waals surface area contributed by atoms with Crippen molar-refractivity contribution in [2.75, 3.05) is 12.4 Å². The van der Waals surface area contributed by atoms with Crippen LogP contribution in [0.2, 0.25) is 0 Å². The average molecular weight is 310 g/mol. The third-order valence-electron chi connectivity index (χ3n) is 1.59. The van der Waals surface area contributed by atoms with E-state index in [2.05, 4.69) is 31.9 Å². The SMILES string of the molecule is COC1=CC(=O)C(Br)=C(CBr)C1=O. The largest absolute Gasteiger partial charge is 0.493 e. The van der Waals surface area contributed by atoms with E-state index in [0.717, 1.165) is 0 Å². The molecule has 0 atom stereocenters. The van der Waals surface area contributed by atoms with Gasteiger partial charge in [0.1, 0.15) is 0 Å². The second-order valence-electron chi connectivity index (χ2n) is 2.33. The molecule has 0 bridgehead atoms. The fourth-order valence-electron chi connectivity index (χ4n) is 0.916. The number of ether oxygens (including phenoxy) is 1. The van der Waals surface area contributed by atoms with Gasteiger partial charge in [-0.05, 0) is 15.9 Å². The Hall–Kier alpha value is -0.420. The molecule has 1 aliphatic rings. The maximum absolute atomic E-state index is 11.5. The molecule has 0 saturated carbocycles. The highest BCUT2D eigenvalue weighted by Gasteiger charge is 2.26. The van der Waals surface area contributed by atoms with Gasteiger partial charge in [-0.25, -0.2) is 0 Å². The van der Waals surface area contributed by atoms with Gasteiger partial charge in [-0.1, -0.05) is 15.9 Å². The number of allylic oxidation sites excluding steroid dienone is 3. The number of carbonyl (C=O) groups is 2. The molecule has 0 spiro atoms. The molecule has 0 fully saturated rings. The quantitative estimate of drug-likeness (QED) is 0.576. The zero-order valence-corrected chi connectivity index (χ0v) is 9.94. The van der Waals surface area contributed by atoms with E-state index in [1.165, 1.54) is 13.2 Å².